The first-order valence-electron chi connectivity index (χ1n) is 17.6. The Morgan fingerprint density at radius 3 is 2.20 bits per heavy atom. The summed E-state index contributed by atoms with van der Waals surface area (Å²) in [5, 5.41) is 8.80. The molecular formula is C47H37N3. The van der Waals surface area contributed by atoms with Crippen LogP contribution in [0.5, 0.6) is 0 Å². The molecule has 6 aromatic rings. The van der Waals surface area contributed by atoms with Crippen molar-refractivity contribution in [2.24, 2.45) is 10.9 Å². The van der Waals surface area contributed by atoms with Gasteiger partial charge in [0.05, 0.1) is 5.71 Å². The summed E-state index contributed by atoms with van der Waals surface area (Å²) < 4.78 is 0. The van der Waals surface area contributed by atoms with E-state index in [4.69, 9.17) is 4.99 Å². The summed E-state index contributed by atoms with van der Waals surface area (Å²) in [5.74, 6) is 0.575. The van der Waals surface area contributed by atoms with E-state index in [0.29, 0.717) is 5.92 Å². The van der Waals surface area contributed by atoms with Crippen molar-refractivity contribution in [1.29, 1.82) is 0 Å². The van der Waals surface area contributed by atoms with Gasteiger partial charge < -0.3 is 5.32 Å². The first-order valence-corrected chi connectivity index (χ1v) is 17.6. The van der Waals surface area contributed by atoms with Gasteiger partial charge in [0.1, 0.15) is 6.17 Å². The second kappa shape index (κ2) is 13.1. The standard InChI is InChI=1S/C47H37N3/c1-2-10-32(11-3-1)33-20-24-36(25-21-33)45-29-46(37-26-22-35(23-27-37)44-31-48-30-40-13-5-7-18-43(40)44)50-47(49-45)39-16-8-15-38(28-39)42-19-9-14-34-12-4-6-17-41(34)42/h1-20,22-27,29-31,33,39,47,50H,21,28H2. The largest absolute Gasteiger partial charge is 0.363 e. The second-order valence-corrected chi connectivity index (χ2v) is 13.4. The van der Waals surface area contributed by atoms with E-state index < -0.39 is 0 Å². The van der Waals surface area contributed by atoms with Crippen LogP contribution < -0.4 is 5.32 Å². The smallest absolute Gasteiger partial charge is 0.126 e. The van der Waals surface area contributed by atoms with Gasteiger partial charge in [0.2, 0.25) is 0 Å². The molecule has 3 atom stereocenters. The summed E-state index contributed by atoms with van der Waals surface area (Å²) in [5.41, 5.74) is 10.8. The minimum Gasteiger partial charge on any atom is -0.363 e. The fourth-order valence-corrected chi connectivity index (χ4v) is 7.64. The predicted octanol–water partition coefficient (Wildman–Crippen LogP) is 11.1. The van der Waals surface area contributed by atoms with E-state index in [1.54, 1.807) is 0 Å². The number of hydrogen-bond donors (Lipinski definition) is 1. The third kappa shape index (κ3) is 5.82. The number of pyridine rings is 1. The molecule has 50 heavy (non-hydrogen) atoms. The van der Waals surface area contributed by atoms with Gasteiger partial charge in [-0.2, -0.15) is 0 Å². The fourth-order valence-electron chi connectivity index (χ4n) is 7.64. The molecule has 0 saturated heterocycles. The summed E-state index contributed by atoms with van der Waals surface area (Å²) in [4.78, 5) is 9.95. The lowest BCUT2D eigenvalue weighted by Gasteiger charge is -2.31. The van der Waals surface area contributed by atoms with Crippen LogP contribution in [0.4, 0.5) is 0 Å². The number of fused-ring (bicyclic) bond motifs is 2. The third-order valence-corrected chi connectivity index (χ3v) is 10.3. The molecule has 3 nitrogen and oxygen atoms in total. The summed E-state index contributed by atoms with van der Waals surface area (Å²) in [6, 6.07) is 43.4. The number of aliphatic imine (C=N–C) groups is 1. The molecule has 240 valence electrons. The van der Waals surface area contributed by atoms with Gasteiger partial charge in [-0.1, -0.05) is 158 Å². The number of allylic oxidation sites excluding steroid dienone is 8. The van der Waals surface area contributed by atoms with Crippen LogP contribution >= 0.6 is 0 Å². The van der Waals surface area contributed by atoms with E-state index in [0.717, 1.165) is 46.3 Å². The van der Waals surface area contributed by atoms with Gasteiger partial charge in [-0.25, -0.2) is 0 Å². The summed E-state index contributed by atoms with van der Waals surface area (Å²) in [7, 11) is 0. The van der Waals surface area contributed by atoms with Crippen molar-refractivity contribution in [1.82, 2.24) is 10.3 Å². The third-order valence-electron chi connectivity index (χ3n) is 10.3. The Hall–Kier alpha value is -6.06. The number of nitrogens with one attached hydrogen (secondary N) is 1. The maximum absolute atomic E-state index is 5.42. The van der Waals surface area contributed by atoms with E-state index in [-0.39, 0.29) is 12.1 Å². The molecular weight excluding hydrogens is 607 g/mol. The van der Waals surface area contributed by atoms with Crippen LogP contribution in [0.2, 0.25) is 0 Å². The molecule has 0 fully saturated rings. The lowest BCUT2D eigenvalue weighted by Crippen LogP contribution is -2.37. The molecule has 0 bridgehead atoms. The predicted molar refractivity (Wildman–Crippen MR) is 210 cm³/mol. The highest BCUT2D eigenvalue weighted by Crippen LogP contribution is 2.36. The number of hydrogen-bond acceptors (Lipinski definition) is 3. The number of rotatable bonds is 6. The SMILES string of the molecule is C1=CC(C2N=C(C3=CCC(c4ccccc4)C=C3)C=C(c3ccc(-c4cncc5ccccc45)cc3)N2)CC(c2cccc3ccccc23)=C1. The van der Waals surface area contributed by atoms with Crippen molar-refractivity contribution in [3.8, 4) is 11.1 Å². The van der Waals surface area contributed by atoms with E-state index in [9.17, 15) is 0 Å². The van der Waals surface area contributed by atoms with Gasteiger partial charge in [0, 0.05) is 40.9 Å². The van der Waals surface area contributed by atoms with Crippen molar-refractivity contribution in [2.75, 3.05) is 0 Å². The molecule has 0 amide bonds. The fraction of sp³-hybridized carbons (Fsp3) is 0.106. The molecule has 2 heterocycles. The highest BCUT2D eigenvalue weighted by Gasteiger charge is 2.28. The Balaban J connectivity index is 1.04. The zero-order chi connectivity index (χ0) is 33.3. The molecule has 3 heteroatoms. The number of aromatic nitrogens is 1. The average molecular weight is 644 g/mol. The minimum absolute atomic E-state index is 0.108. The molecule has 5 aromatic carbocycles. The van der Waals surface area contributed by atoms with Gasteiger partial charge in [0.15, 0.2) is 0 Å². The Bertz CT molecular complexity index is 2400. The Morgan fingerprint density at radius 2 is 1.38 bits per heavy atom. The normalized spacial score (nSPS) is 20.1. The quantitative estimate of drug-likeness (QED) is 0.196. The van der Waals surface area contributed by atoms with Crippen molar-refractivity contribution < 1.29 is 0 Å². The molecule has 2 aliphatic carbocycles. The number of nitrogens with zero attached hydrogens (tertiary/aromatic N) is 2. The maximum Gasteiger partial charge on any atom is 0.126 e. The first-order chi connectivity index (χ1) is 24.8. The molecule has 0 spiro atoms. The molecule has 9 rings (SSSR count). The van der Waals surface area contributed by atoms with Crippen molar-refractivity contribution >= 4 is 38.5 Å². The molecule has 3 unspecified atom stereocenters. The van der Waals surface area contributed by atoms with Crippen LogP contribution in [0.15, 0.2) is 187 Å². The van der Waals surface area contributed by atoms with Gasteiger partial charge in [-0.15, -0.1) is 0 Å². The van der Waals surface area contributed by atoms with Crippen LogP contribution in [-0.4, -0.2) is 16.9 Å². The van der Waals surface area contributed by atoms with Crippen LogP contribution in [0.3, 0.4) is 0 Å². The van der Waals surface area contributed by atoms with Crippen LogP contribution in [0.25, 0.3) is 43.9 Å². The van der Waals surface area contributed by atoms with Crippen LogP contribution in [0, 0.1) is 5.92 Å². The van der Waals surface area contributed by atoms with E-state index >= 15 is 0 Å². The monoisotopic (exact) mass is 643 g/mol. The lowest BCUT2D eigenvalue weighted by molar-refractivity contribution is 0.475. The zero-order valence-corrected chi connectivity index (χ0v) is 27.8. The maximum atomic E-state index is 5.42. The second-order valence-electron chi connectivity index (χ2n) is 13.4. The molecule has 1 aliphatic heterocycles. The molecule has 1 N–H and O–H groups in total. The minimum atomic E-state index is -0.108. The molecule has 0 saturated carbocycles. The molecule has 1 aromatic heterocycles. The van der Waals surface area contributed by atoms with Gasteiger partial charge in [-0.3, -0.25) is 9.98 Å². The molecule has 0 radical (unpaired) electrons. The summed E-state index contributed by atoms with van der Waals surface area (Å²) in [6.07, 6.45) is 21.7. The molecule has 3 aliphatic rings. The van der Waals surface area contributed by atoms with Gasteiger partial charge >= 0.3 is 0 Å². The van der Waals surface area contributed by atoms with Gasteiger partial charge in [0.25, 0.3) is 0 Å². The van der Waals surface area contributed by atoms with E-state index in [2.05, 4.69) is 174 Å². The van der Waals surface area contributed by atoms with Crippen molar-refractivity contribution in [2.45, 2.75) is 24.9 Å². The average Bonchev–Trinajstić information content (AvgIpc) is 3.21. The van der Waals surface area contributed by atoms with E-state index in [1.165, 1.54) is 38.4 Å². The Kier molecular flexibility index (Phi) is 7.87. The van der Waals surface area contributed by atoms with Gasteiger partial charge in [-0.05, 0) is 68.5 Å². The summed E-state index contributed by atoms with van der Waals surface area (Å²) in [6.45, 7) is 0. The Morgan fingerprint density at radius 1 is 0.640 bits per heavy atom. The first kappa shape index (κ1) is 30.0. The van der Waals surface area contributed by atoms with Crippen LogP contribution in [-0.2, 0) is 0 Å². The highest BCUT2D eigenvalue weighted by molar-refractivity contribution is 6.14. The Labute approximate surface area is 293 Å². The van der Waals surface area contributed by atoms with Crippen molar-refractivity contribution in [3.63, 3.8) is 0 Å². The topological polar surface area (TPSA) is 37.3 Å². The zero-order valence-electron chi connectivity index (χ0n) is 27.8. The lowest BCUT2D eigenvalue weighted by atomic mass is 9.85. The van der Waals surface area contributed by atoms with Crippen molar-refractivity contribution in [3.05, 3.63) is 199 Å². The number of benzene rings is 5. The highest BCUT2D eigenvalue weighted by atomic mass is 15.1. The summed E-state index contributed by atoms with van der Waals surface area (Å²) >= 11 is 0. The van der Waals surface area contributed by atoms with E-state index in [1.807, 2.05) is 12.4 Å². The van der Waals surface area contributed by atoms with Crippen LogP contribution in [0.1, 0.15) is 35.4 Å².